The molecule has 0 amide bonds. The average molecular weight is 212 g/mol. The number of aryl methyl sites for hydroxylation is 1. The topological polar surface area (TPSA) is 21.3 Å². The molecule has 76 valence electrons. The van der Waals surface area contributed by atoms with E-state index in [0.717, 1.165) is 28.4 Å². The molecule has 1 unspecified atom stereocenters. The highest BCUT2D eigenvalue weighted by atomic mass is 35.5. The van der Waals surface area contributed by atoms with Gasteiger partial charge in [0.05, 0.1) is 6.04 Å². The molecule has 0 aliphatic carbocycles. The van der Waals surface area contributed by atoms with Gasteiger partial charge in [-0.05, 0) is 25.1 Å². The number of fused-ring (bicyclic) bond motifs is 1. The smallest absolute Gasteiger partial charge is 0.128 e. The molecule has 0 saturated carbocycles. The molecule has 1 N–H and O–H groups in total. The minimum Gasteiger partial charge on any atom is -0.491 e. The second-order valence-electron chi connectivity index (χ2n) is 3.53. The van der Waals surface area contributed by atoms with Crippen LogP contribution in [0.2, 0.25) is 5.02 Å². The van der Waals surface area contributed by atoms with E-state index in [1.807, 2.05) is 19.1 Å². The Morgan fingerprint density at radius 1 is 1.57 bits per heavy atom. The fraction of sp³-hybridized carbons (Fsp3) is 0.455. The summed E-state index contributed by atoms with van der Waals surface area (Å²) in [5, 5.41) is 4.16. The van der Waals surface area contributed by atoms with E-state index in [2.05, 4.69) is 12.2 Å². The molecule has 1 aliphatic rings. The molecule has 0 aromatic heterocycles. The molecule has 1 atom stereocenters. The number of ether oxygens (including phenoxy) is 1. The van der Waals surface area contributed by atoms with Gasteiger partial charge in [0.15, 0.2) is 0 Å². The SMILES string of the molecule is CCNC1COc2c(C)ccc(Cl)c21. The lowest BCUT2D eigenvalue weighted by Crippen LogP contribution is -2.21. The fourth-order valence-electron chi connectivity index (χ4n) is 1.86. The predicted molar refractivity (Wildman–Crippen MR) is 58.1 cm³/mol. The Morgan fingerprint density at radius 2 is 2.36 bits per heavy atom. The van der Waals surface area contributed by atoms with Crippen LogP contribution in [-0.4, -0.2) is 13.2 Å². The van der Waals surface area contributed by atoms with Gasteiger partial charge in [0.1, 0.15) is 12.4 Å². The van der Waals surface area contributed by atoms with Crippen molar-refractivity contribution in [2.24, 2.45) is 0 Å². The van der Waals surface area contributed by atoms with Crippen molar-refractivity contribution in [1.82, 2.24) is 5.32 Å². The number of benzene rings is 1. The highest BCUT2D eigenvalue weighted by Gasteiger charge is 2.27. The maximum atomic E-state index is 6.15. The maximum absolute atomic E-state index is 6.15. The van der Waals surface area contributed by atoms with Crippen LogP contribution < -0.4 is 10.1 Å². The largest absolute Gasteiger partial charge is 0.491 e. The van der Waals surface area contributed by atoms with Gasteiger partial charge in [0.2, 0.25) is 0 Å². The Morgan fingerprint density at radius 3 is 3.07 bits per heavy atom. The van der Waals surface area contributed by atoms with E-state index in [4.69, 9.17) is 16.3 Å². The molecule has 2 rings (SSSR count). The molecule has 3 heteroatoms. The Kier molecular flexibility index (Phi) is 2.66. The van der Waals surface area contributed by atoms with Crippen molar-refractivity contribution in [2.45, 2.75) is 19.9 Å². The number of halogens is 1. The standard InChI is InChI=1S/C11H14ClNO/c1-3-13-9-6-14-11-7(2)4-5-8(12)10(9)11/h4-5,9,13H,3,6H2,1-2H3. The highest BCUT2D eigenvalue weighted by molar-refractivity contribution is 6.31. The first-order valence-electron chi connectivity index (χ1n) is 4.89. The predicted octanol–water partition coefficient (Wildman–Crippen LogP) is 2.69. The Hall–Kier alpha value is -0.730. The first-order chi connectivity index (χ1) is 6.74. The van der Waals surface area contributed by atoms with E-state index in [9.17, 15) is 0 Å². The molecular formula is C11H14ClNO. The minimum atomic E-state index is 0.252. The summed E-state index contributed by atoms with van der Waals surface area (Å²) >= 11 is 6.15. The average Bonchev–Trinajstić information content (AvgIpc) is 2.58. The zero-order valence-corrected chi connectivity index (χ0v) is 9.19. The molecule has 0 bridgehead atoms. The van der Waals surface area contributed by atoms with Gasteiger partial charge in [-0.25, -0.2) is 0 Å². The number of nitrogens with one attached hydrogen (secondary N) is 1. The number of likely N-dealkylation sites (N-methyl/N-ethyl adjacent to an activating group) is 1. The third-order valence-electron chi connectivity index (χ3n) is 2.53. The summed E-state index contributed by atoms with van der Waals surface area (Å²) in [6, 6.07) is 4.19. The molecule has 0 spiro atoms. The van der Waals surface area contributed by atoms with E-state index in [-0.39, 0.29) is 6.04 Å². The van der Waals surface area contributed by atoms with Crippen LogP contribution >= 0.6 is 11.6 Å². The molecule has 14 heavy (non-hydrogen) atoms. The van der Waals surface area contributed by atoms with E-state index < -0.39 is 0 Å². The van der Waals surface area contributed by atoms with Gasteiger partial charge in [-0.3, -0.25) is 0 Å². The van der Waals surface area contributed by atoms with Crippen molar-refractivity contribution < 1.29 is 4.74 Å². The van der Waals surface area contributed by atoms with Crippen LogP contribution in [0.1, 0.15) is 24.1 Å². The van der Waals surface area contributed by atoms with Gasteiger partial charge in [0, 0.05) is 10.6 Å². The van der Waals surface area contributed by atoms with Gasteiger partial charge in [-0.15, -0.1) is 0 Å². The van der Waals surface area contributed by atoms with Crippen molar-refractivity contribution in [3.05, 3.63) is 28.3 Å². The minimum absolute atomic E-state index is 0.252. The molecule has 1 aromatic carbocycles. The van der Waals surface area contributed by atoms with E-state index in [1.54, 1.807) is 0 Å². The first kappa shape index (κ1) is 9.81. The zero-order valence-electron chi connectivity index (χ0n) is 8.43. The van der Waals surface area contributed by atoms with Crippen LogP contribution in [0.3, 0.4) is 0 Å². The summed E-state index contributed by atoms with van der Waals surface area (Å²) in [4.78, 5) is 0. The highest BCUT2D eigenvalue weighted by Crippen LogP contribution is 2.39. The van der Waals surface area contributed by atoms with Gasteiger partial charge < -0.3 is 10.1 Å². The third kappa shape index (κ3) is 1.49. The molecular weight excluding hydrogens is 198 g/mol. The van der Waals surface area contributed by atoms with Crippen molar-refractivity contribution in [3.63, 3.8) is 0 Å². The molecule has 0 saturated heterocycles. The summed E-state index contributed by atoms with van der Waals surface area (Å²) < 4.78 is 5.63. The summed E-state index contributed by atoms with van der Waals surface area (Å²) in [5.41, 5.74) is 2.28. The summed E-state index contributed by atoms with van der Waals surface area (Å²) in [7, 11) is 0. The molecule has 1 aromatic rings. The van der Waals surface area contributed by atoms with Crippen LogP contribution in [0.4, 0.5) is 0 Å². The van der Waals surface area contributed by atoms with Gasteiger partial charge >= 0.3 is 0 Å². The van der Waals surface area contributed by atoms with Gasteiger partial charge in [0.25, 0.3) is 0 Å². The van der Waals surface area contributed by atoms with E-state index >= 15 is 0 Å². The monoisotopic (exact) mass is 211 g/mol. The zero-order chi connectivity index (χ0) is 10.1. The Balaban J connectivity index is 2.42. The summed E-state index contributed by atoms with van der Waals surface area (Å²) in [5.74, 6) is 0.962. The molecule has 1 heterocycles. The van der Waals surface area contributed by atoms with Crippen molar-refractivity contribution in [3.8, 4) is 5.75 Å². The van der Waals surface area contributed by atoms with Crippen LogP contribution in [0.5, 0.6) is 5.75 Å². The Bertz CT molecular complexity index is 351. The van der Waals surface area contributed by atoms with Crippen LogP contribution in [0.25, 0.3) is 0 Å². The number of hydrogen-bond acceptors (Lipinski definition) is 2. The third-order valence-corrected chi connectivity index (χ3v) is 2.86. The number of rotatable bonds is 2. The first-order valence-corrected chi connectivity index (χ1v) is 5.27. The van der Waals surface area contributed by atoms with Gasteiger partial charge in [-0.1, -0.05) is 24.6 Å². The van der Waals surface area contributed by atoms with Gasteiger partial charge in [-0.2, -0.15) is 0 Å². The van der Waals surface area contributed by atoms with Crippen molar-refractivity contribution >= 4 is 11.6 Å². The number of hydrogen-bond donors (Lipinski definition) is 1. The summed E-state index contributed by atoms with van der Waals surface area (Å²) in [6.07, 6.45) is 0. The molecule has 2 nitrogen and oxygen atoms in total. The molecule has 1 aliphatic heterocycles. The lowest BCUT2D eigenvalue weighted by molar-refractivity contribution is 0.312. The Labute approximate surface area is 89.2 Å². The fourth-order valence-corrected chi connectivity index (χ4v) is 2.14. The lowest BCUT2D eigenvalue weighted by atomic mass is 10.1. The molecule has 0 radical (unpaired) electrons. The van der Waals surface area contributed by atoms with E-state index in [1.165, 1.54) is 0 Å². The normalized spacial score (nSPS) is 19.2. The van der Waals surface area contributed by atoms with Crippen LogP contribution in [-0.2, 0) is 0 Å². The quantitative estimate of drug-likeness (QED) is 0.812. The second-order valence-corrected chi connectivity index (χ2v) is 3.94. The van der Waals surface area contributed by atoms with Crippen molar-refractivity contribution in [2.75, 3.05) is 13.2 Å². The molecule has 0 fully saturated rings. The van der Waals surface area contributed by atoms with Crippen molar-refractivity contribution in [1.29, 1.82) is 0 Å². The van der Waals surface area contributed by atoms with E-state index in [0.29, 0.717) is 6.61 Å². The van der Waals surface area contributed by atoms with Crippen LogP contribution in [0, 0.1) is 6.92 Å². The lowest BCUT2D eigenvalue weighted by Gasteiger charge is -2.10. The van der Waals surface area contributed by atoms with Crippen LogP contribution in [0.15, 0.2) is 12.1 Å². The second kappa shape index (κ2) is 3.79. The summed E-state index contributed by atoms with van der Waals surface area (Å²) in [6.45, 7) is 5.75. The maximum Gasteiger partial charge on any atom is 0.128 e.